The van der Waals surface area contributed by atoms with Crippen LogP contribution in [0.5, 0.6) is 0 Å². The average molecular weight is 772 g/mol. The number of ether oxygens (including phenoxy) is 13. The van der Waals surface area contributed by atoms with Gasteiger partial charge in [-0.05, 0) is 27.2 Å². The molecule has 53 heavy (non-hydrogen) atoms. The predicted octanol–water partition coefficient (Wildman–Crippen LogP) is 4.41. The Morgan fingerprint density at radius 2 is 0.623 bits per heavy atom. The Hall–Kier alpha value is -1.21. The fourth-order valence-corrected chi connectivity index (χ4v) is 4.14. The molecule has 0 N–H and O–H groups in total. The third kappa shape index (κ3) is 45.1. The topological polar surface area (TPSA) is 140 Å². The van der Waals surface area contributed by atoms with Gasteiger partial charge in [0.05, 0.1) is 152 Å². The monoisotopic (exact) mass is 772 g/mol. The third-order valence-corrected chi connectivity index (χ3v) is 7.01. The van der Waals surface area contributed by atoms with Gasteiger partial charge in [-0.2, -0.15) is 0 Å². The third-order valence-electron chi connectivity index (χ3n) is 7.01. The van der Waals surface area contributed by atoms with Gasteiger partial charge in [-0.3, -0.25) is 0 Å². The van der Waals surface area contributed by atoms with Crippen molar-refractivity contribution in [2.45, 2.75) is 71.8 Å². The van der Waals surface area contributed by atoms with E-state index in [1.54, 1.807) is 7.05 Å². The molecule has 0 radical (unpaired) electrons. The van der Waals surface area contributed by atoms with E-state index in [9.17, 15) is 4.79 Å². The molecule has 0 fully saturated rings. The molecular weight excluding hydrogens is 694 g/mol. The van der Waals surface area contributed by atoms with Crippen molar-refractivity contribution < 1.29 is 66.4 Å². The Morgan fingerprint density at radius 1 is 0.377 bits per heavy atom. The highest BCUT2D eigenvalue weighted by atomic mass is 16.6. The van der Waals surface area contributed by atoms with E-state index < -0.39 is 5.60 Å². The molecule has 15 heteroatoms. The number of likely N-dealkylation sites (N-methyl/N-ethyl adjacent to an activating group) is 1. The Labute approximate surface area is 321 Å². The van der Waals surface area contributed by atoms with E-state index in [1.165, 1.54) is 37.0 Å². The van der Waals surface area contributed by atoms with E-state index in [4.69, 9.17) is 61.6 Å². The summed E-state index contributed by atoms with van der Waals surface area (Å²) in [5.74, 6) is 0. The number of carbonyl (C=O) groups is 1. The van der Waals surface area contributed by atoms with Crippen molar-refractivity contribution in [2.75, 3.05) is 172 Å². The summed E-state index contributed by atoms with van der Waals surface area (Å²) in [6, 6.07) is 0. The molecule has 0 bridgehead atoms. The molecular formula is C38H77NO14. The second kappa shape index (κ2) is 41.9. The SMILES string of the molecule is CCCCCCCCOCCOCCOCCOCCOCCOCCOCCOCCOCCOCCOCCOCCN(C)C(=O)OC(C)(C)C. The van der Waals surface area contributed by atoms with Crippen LogP contribution in [0.4, 0.5) is 4.79 Å². The molecule has 0 spiro atoms. The summed E-state index contributed by atoms with van der Waals surface area (Å²) in [4.78, 5) is 13.4. The molecule has 0 aromatic heterocycles. The zero-order valence-corrected chi connectivity index (χ0v) is 34.1. The number of carbonyl (C=O) groups excluding carboxylic acids is 1. The van der Waals surface area contributed by atoms with Gasteiger partial charge in [0.1, 0.15) is 5.60 Å². The summed E-state index contributed by atoms with van der Waals surface area (Å²) in [7, 11) is 1.68. The van der Waals surface area contributed by atoms with Gasteiger partial charge < -0.3 is 66.5 Å². The van der Waals surface area contributed by atoms with Crippen molar-refractivity contribution in [2.24, 2.45) is 0 Å². The van der Waals surface area contributed by atoms with E-state index in [-0.39, 0.29) is 6.09 Å². The van der Waals surface area contributed by atoms with E-state index in [1.807, 2.05) is 20.8 Å². The van der Waals surface area contributed by atoms with Crippen LogP contribution in [0.2, 0.25) is 0 Å². The molecule has 0 aromatic carbocycles. The van der Waals surface area contributed by atoms with Crippen LogP contribution in [-0.4, -0.2) is 189 Å². The molecule has 15 nitrogen and oxygen atoms in total. The molecule has 0 atom stereocenters. The van der Waals surface area contributed by atoms with Crippen molar-refractivity contribution in [1.82, 2.24) is 4.90 Å². The quantitative estimate of drug-likeness (QED) is 0.0809. The van der Waals surface area contributed by atoms with Crippen LogP contribution < -0.4 is 0 Å². The van der Waals surface area contributed by atoms with Crippen LogP contribution in [0.3, 0.4) is 0 Å². The maximum atomic E-state index is 11.9. The standard InChI is InChI=1S/C38H77NO14/c1-6-7-8-9-10-11-13-41-15-17-43-19-21-45-23-25-47-27-29-49-31-33-51-35-36-52-34-32-50-30-28-48-26-24-46-22-20-44-18-16-42-14-12-39(5)37(40)53-38(2,3)4/h6-36H2,1-5H3. The summed E-state index contributed by atoms with van der Waals surface area (Å²) in [5, 5.41) is 0. The molecule has 0 aliphatic carbocycles. The first-order chi connectivity index (χ1) is 25.9. The number of amides is 1. The van der Waals surface area contributed by atoms with E-state index in [2.05, 4.69) is 6.92 Å². The van der Waals surface area contributed by atoms with Crippen LogP contribution >= 0.6 is 0 Å². The normalized spacial score (nSPS) is 11.8. The Morgan fingerprint density at radius 3 is 0.906 bits per heavy atom. The van der Waals surface area contributed by atoms with E-state index >= 15 is 0 Å². The van der Waals surface area contributed by atoms with E-state index in [0.29, 0.717) is 159 Å². The van der Waals surface area contributed by atoms with Crippen molar-refractivity contribution >= 4 is 6.09 Å². The van der Waals surface area contributed by atoms with Gasteiger partial charge >= 0.3 is 6.09 Å². The first kappa shape index (κ1) is 51.8. The smallest absolute Gasteiger partial charge is 0.410 e. The molecule has 0 aliphatic heterocycles. The summed E-state index contributed by atoms with van der Waals surface area (Å²) in [5.41, 5.74) is -0.510. The molecule has 0 unspecified atom stereocenters. The van der Waals surface area contributed by atoms with Gasteiger partial charge in [-0.25, -0.2) is 4.79 Å². The van der Waals surface area contributed by atoms with Crippen molar-refractivity contribution in [3.63, 3.8) is 0 Å². The maximum Gasteiger partial charge on any atom is 0.410 e. The minimum Gasteiger partial charge on any atom is -0.444 e. The summed E-state index contributed by atoms with van der Waals surface area (Å²) in [6.07, 6.45) is 7.30. The molecule has 0 saturated carbocycles. The van der Waals surface area contributed by atoms with Crippen LogP contribution in [0.1, 0.15) is 66.2 Å². The molecule has 0 aromatic rings. The van der Waals surface area contributed by atoms with Gasteiger partial charge in [-0.15, -0.1) is 0 Å². The number of unbranched alkanes of at least 4 members (excludes halogenated alkanes) is 5. The number of rotatable bonds is 43. The lowest BCUT2D eigenvalue weighted by Gasteiger charge is -2.24. The second-order valence-corrected chi connectivity index (χ2v) is 13.0. The lowest BCUT2D eigenvalue weighted by molar-refractivity contribution is -0.0285. The molecule has 0 saturated heterocycles. The predicted molar refractivity (Wildman–Crippen MR) is 202 cm³/mol. The molecule has 0 aliphatic rings. The minimum absolute atomic E-state index is 0.364. The van der Waals surface area contributed by atoms with Crippen molar-refractivity contribution in [1.29, 1.82) is 0 Å². The highest BCUT2D eigenvalue weighted by Crippen LogP contribution is 2.09. The number of hydrogen-bond acceptors (Lipinski definition) is 14. The van der Waals surface area contributed by atoms with Crippen molar-refractivity contribution in [3.8, 4) is 0 Å². The van der Waals surface area contributed by atoms with Gasteiger partial charge in [0.2, 0.25) is 0 Å². The molecule has 0 heterocycles. The number of hydrogen-bond donors (Lipinski definition) is 0. The van der Waals surface area contributed by atoms with Gasteiger partial charge in [-0.1, -0.05) is 39.0 Å². The molecule has 318 valence electrons. The lowest BCUT2D eigenvalue weighted by atomic mass is 10.1. The first-order valence-electron chi connectivity index (χ1n) is 19.7. The van der Waals surface area contributed by atoms with Gasteiger partial charge in [0.25, 0.3) is 0 Å². The molecule has 0 rings (SSSR count). The zero-order chi connectivity index (χ0) is 38.8. The Bertz CT molecular complexity index is 731. The van der Waals surface area contributed by atoms with Crippen LogP contribution in [0, 0.1) is 0 Å². The minimum atomic E-state index is -0.510. The fourth-order valence-electron chi connectivity index (χ4n) is 4.14. The molecule has 1 amide bonds. The van der Waals surface area contributed by atoms with Crippen LogP contribution in [0.15, 0.2) is 0 Å². The second-order valence-electron chi connectivity index (χ2n) is 13.0. The van der Waals surface area contributed by atoms with E-state index in [0.717, 1.165) is 13.0 Å². The van der Waals surface area contributed by atoms with Gasteiger partial charge in [0.15, 0.2) is 0 Å². The summed E-state index contributed by atoms with van der Waals surface area (Å²) >= 11 is 0. The van der Waals surface area contributed by atoms with Crippen LogP contribution in [0.25, 0.3) is 0 Å². The first-order valence-corrected chi connectivity index (χ1v) is 19.7. The summed E-state index contributed by atoms with van der Waals surface area (Å²) in [6.45, 7) is 20.8. The highest BCUT2D eigenvalue weighted by Gasteiger charge is 2.19. The van der Waals surface area contributed by atoms with Crippen molar-refractivity contribution in [3.05, 3.63) is 0 Å². The fraction of sp³-hybridized carbons (Fsp3) is 0.974. The Kier molecular flexibility index (Phi) is 41.0. The average Bonchev–Trinajstić information content (AvgIpc) is 3.13. The van der Waals surface area contributed by atoms with Gasteiger partial charge in [0, 0.05) is 20.2 Å². The van der Waals surface area contributed by atoms with Crippen LogP contribution in [-0.2, 0) is 61.6 Å². The Balaban J connectivity index is 3.12. The number of nitrogens with zero attached hydrogens (tertiary/aromatic N) is 1. The lowest BCUT2D eigenvalue weighted by Crippen LogP contribution is -2.36. The highest BCUT2D eigenvalue weighted by molar-refractivity contribution is 5.67. The largest absolute Gasteiger partial charge is 0.444 e. The zero-order valence-electron chi connectivity index (χ0n) is 34.1. The maximum absolute atomic E-state index is 11.9. The summed E-state index contributed by atoms with van der Waals surface area (Å²) < 4.78 is 71.3.